The number of carbonyl (C=O) groups excluding carboxylic acids is 1. The highest BCUT2D eigenvalue weighted by Crippen LogP contribution is 1.92. The first-order valence-electron chi connectivity index (χ1n) is 2.50. The maximum absolute atomic E-state index is 10.5. The lowest BCUT2D eigenvalue weighted by atomic mass is 10.2. The number of amides is 1. The molecule has 2 unspecified atom stereocenters. The van der Waals surface area contributed by atoms with Crippen LogP contribution in [-0.2, 0) is 4.79 Å². The van der Waals surface area contributed by atoms with Crippen LogP contribution >= 0.6 is 0 Å². The van der Waals surface area contributed by atoms with Crippen molar-refractivity contribution >= 4 is 5.91 Å². The van der Waals surface area contributed by atoms with Gasteiger partial charge in [-0.05, 0) is 0 Å². The summed E-state index contributed by atoms with van der Waals surface area (Å²) >= 11 is 0. The van der Waals surface area contributed by atoms with Crippen LogP contribution in [0.5, 0.6) is 0 Å². The quantitative estimate of drug-likeness (QED) is 0.334. The SMILES string of the molecule is NC1CNC(=O)C1N. The molecule has 2 atom stereocenters. The molecule has 0 aromatic rings. The molecule has 1 aliphatic heterocycles. The van der Waals surface area contributed by atoms with E-state index < -0.39 is 6.04 Å². The molecule has 0 aliphatic carbocycles. The van der Waals surface area contributed by atoms with Crippen LogP contribution in [-0.4, -0.2) is 24.5 Å². The molecule has 8 heavy (non-hydrogen) atoms. The topological polar surface area (TPSA) is 81.1 Å². The van der Waals surface area contributed by atoms with Gasteiger partial charge in [-0.1, -0.05) is 0 Å². The molecule has 0 saturated carbocycles. The zero-order valence-corrected chi connectivity index (χ0v) is 4.42. The maximum Gasteiger partial charge on any atom is 0.238 e. The Balaban J connectivity index is 2.56. The molecule has 46 valence electrons. The molecule has 4 nitrogen and oxygen atoms in total. The fraction of sp³-hybridized carbons (Fsp3) is 0.750. The average molecular weight is 115 g/mol. The van der Waals surface area contributed by atoms with Crippen LogP contribution in [0.15, 0.2) is 0 Å². The molecule has 0 spiro atoms. The fourth-order valence-corrected chi connectivity index (χ4v) is 0.658. The Morgan fingerprint density at radius 3 is 2.38 bits per heavy atom. The van der Waals surface area contributed by atoms with Crippen LogP contribution in [0.2, 0.25) is 0 Å². The average Bonchev–Trinajstić information content (AvgIpc) is 1.98. The molecular weight excluding hydrogens is 106 g/mol. The van der Waals surface area contributed by atoms with E-state index in [9.17, 15) is 4.79 Å². The molecule has 1 aliphatic rings. The summed E-state index contributed by atoms with van der Waals surface area (Å²) in [5.41, 5.74) is 10.6. The summed E-state index contributed by atoms with van der Waals surface area (Å²) < 4.78 is 0. The fourth-order valence-electron chi connectivity index (χ4n) is 0.658. The van der Waals surface area contributed by atoms with Crippen LogP contribution in [0, 0.1) is 0 Å². The van der Waals surface area contributed by atoms with Gasteiger partial charge in [-0.15, -0.1) is 0 Å². The summed E-state index contributed by atoms with van der Waals surface area (Å²) in [4.78, 5) is 10.5. The van der Waals surface area contributed by atoms with Gasteiger partial charge in [-0.3, -0.25) is 4.79 Å². The van der Waals surface area contributed by atoms with Gasteiger partial charge in [0.2, 0.25) is 5.91 Å². The van der Waals surface area contributed by atoms with E-state index in [1.165, 1.54) is 0 Å². The Morgan fingerprint density at radius 2 is 2.25 bits per heavy atom. The molecule has 1 rings (SSSR count). The number of carbonyl (C=O) groups is 1. The highest BCUT2D eigenvalue weighted by Gasteiger charge is 2.27. The third kappa shape index (κ3) is 0.677. The van der Waals surface area contributed by atoms with Gasteiger partial charge in [-0.25, -0.2) is 0 Å². The second kappa shape index (κ2) is 1.72. The standard InChI is InChI=1S/C4H9N3O/c5-2-1-7-4(8)3(2)6/h2-3H,1,5-6H2,(H,7,8). The van der Waals surface area contributed by atoms with Crippen LogP contribution in [0.1, 0.15) is 0 Å². The van der Waals surface area contributed by atoms with E-state index >= 15 is 0 Å². The van der Waals surface area contributed by atoms with Crippen molar-refractivity contribution in [3.63, 3.8) is 0 Å². The lowest BCUT2D eigenvalue weighted by Gasteiger charge is -2.01. The van der Waals surface area contributed by atoms with Crippen molar-refractivity contribution in [1.82, 2.24) is 5.32 Å². The number of hydrogen-bond acceptors (Lipinski definition) is 3. The second-order valence-electron chi connectivity index (χ2n) is 1.93. The van der Waals surface area contributed by atoms with Gasteiger partial charge in [0.15, 0.2) is 0 Å². The van der Waals surface area contributed by atoms with Crippen molar-refractivity contribution in [3.8, 4) is 0 Å². The first-order chi connectivity index (χ1) is 3.72. The van der Waals surface area contributed by atoms with E-state index in [1.54, 1.807) is 0 Å². The molecule has 0 aromatic heterocycles. The van der Waals surface area contributed by atoms with Crippen molar-refractivity contribution in [2.24, 2.45) is 11.5 Å². The Bertz CT molecular complexity index is 114. The van der Waals surface area contributed by atoms with Crippen molar-refractivity contribution in [2.45, 2.75) is 12.1 Å². The van der Waals surface area contributed by atoms with Gasteiger partial charge in [0.1, 0.15) is 6.04 Å². The summed E-state index contributed by atoms with van der Waals surface area (Å²) in [5, 5.41) is 2.53. The smallest absolute Gasteiger partial charge is 0.238 e. The van der Waals surface area contributed by atoms with Crippen LogP contribution in [0.3, 0.4) is 0 Å². The van der Waals surface area contributed by atoms with Crippen molar-refractivity contribution in [3.05, 3.63) is 0 Å². The molecule has 4 heteroatoms. The summed E-state index contributed by atoms with van der Waals surface area (Å²) in [5.74, 6) is -0.141. The predicted molar refractivity (Wildman–Crippen MR) is 29.0 cm³/mol. The van der Waals surface area contributed by atoms with Crippen molar-refractivity contribution < 1.29 is 4.79 Å². The van der Waals surface area contributed by atoms with Gasteiger partial charge in [0, 0.05) is 12.6 Å². The molecule has 0 aromatic carbocycles. The lowest BCUT2D eigenvalue weighted by molar-refractivity contribution is -0.120. The van der Waals surface area contributed by atoms with E-state index in [1.807, 2.05) is 0 Å². The molecular formula is C4H9N3O. The minimum atomic E-state index is -0.491. The number of nitrogens with one attached hydrogen (secondary N) is 1. The Morgan fingerprint density at radius 1 is 1.62 bits per heavy atom. The summed E-state index contributed by atoms with van der Waals surface area (Å²) in [6.45, 7) is 0.514. The lowest BCUT2D eigenvalue weighted by Crippen LogP contribution is -2.41. The zero-order valence-electron chi connectivity index (χ0n) is 4.42. The molecule has 1 fully saturated rings. The number of nitrogens with two attached hydrogens (primary N) is 2. The molecule has 1 saturated heterocycles. The Hall–Kier alpha value is -0.610. The van der Waals surface area contributed by atoms with Gasteiger partial charge in [0.05, 0.1) is 0 Å². The molecule has 5 N–H and O–H groups in total. The number of hydrogen-bond donors (Lipinski definition) is 3. The Kier molecular flexibility index (Phi) is 1.19. The normalized spacial score (nSPS) is 37.5. The van der Waals surface area contributed by atoms with E-state index in [0.717, 1.165) is 0 Å². The van der Waals surface area contributed by atoms with E-state index in [-0.39, 0.29) is 11.9 Å². The highest BCUT2D eigenvalue weighted by molar-refractivity contribution is 5.84. The van der Waals surface area contributed by atoms with Crippen molar-refractivity contribution in [1.29, 1.82) is 0 Å². The summed E-state index contributed by atoms with van der Waals surface area (Å²) in [6, 6.07) is -0.683. The highest BCUT2D eigenvalue weighted by atomic mass is 16.2. The Labute approximate surface area is 47.2 Å². The zero-order chi connectivity index (χ0) is 6.15. The first-order valence-corrected chi connectivity index (χ1v) is 2.50. The van der Waals surface area contributed by atoms with E-state index in [2.05, 4.69) is 5.32 Å². The van der Waals surface area contributed by atoms with Crippen LogP contribution < -0.4 is 16.8 Å². The molecule has 0 bridgehead atoms. The second-order valence-corrected chi connectivity index (χ2v) is 1.93. The number of rotatable bonds is 0. The monoisotopic (exact) mass is 115 g/mol. The first kappa shape index (κ1) is 5.53. The van der Waals surface area contributed by atoms with Crippen LogP contribution in [0.4, 0.5) is 0 Å². The third-order valence-corrected chi connectivity index (χ3v) is 1.28. The predicted octanol–water partition coefficient (Wildman–Crippen LogP) is -2.23. The van der Waals surface area contributed by atoms with Gasteiger partial charge in [-0.2, -0.15) is 0 Å². The van der Waals surface area contributed by atoms with E-state index in [0.29, 0.717) is 6.54 Å². The minimum absolute atomic E-state index is 0.141. The minimum Gasteiger partial charge on any atom is -0.353 e. The molecule has 0 radical (unpaired) electrons. The van der Waals surface area contributed by atoms with Gasteiger partial charge < -0.3 is 16.8 Å². The van der Waals surface area contributed by atoms with Crippen molar-refractivity contribution in [2.75, 3.05) is 6.54 Å². The third-order valence-electron chi connectivity index (χ3n) is 1.28. The van der Waals surface area contributed by atoms with Gasteiger partial charge in [0.25, 0.3) is 0 Å². The summed E-state index contributed by atoms with van der Waals surface area (Å²) in [7, 11) is 0. The molecule has 1 amide bonds. The summed E-state index contributed by atoms with van der Waals surface area (Å²) in [6.07, 6.45) is 0. The molecule has 1 heterocycles. The van der Waals surface area contributed by atoms with Crippen LogP contribution in [0.25, 0.3) is 0 Å². The van der Waals surface area contributed by atoms with Gasteiger partial charge >= 0.3 is 0 Å². The van der Waals surface area contributed by atoms with E-state index in [4.69, 9.17) is 11.5 Å². The largest absolute Gasteiger partial charge is 0.353 e. The maximum atomic E-state index is 10.5.